The van der Waals surface area contributed by atoms with Crippen molar-refractivity contribution in [3.8, 4) is 0 Å². The maximum Gasteiger partial charge on any atom is 0.245 e. The summed E-state index contributed by atoms with van der Waals surface area (Å²) in [6.45, 7) is 6.68. The summed E-state index contributed by atoms with van der Waals surface area (Å²) in [5, 5.41) is 3.61. The zero-order valence-electron chi connectivity index (χ0n) is 13.3. The molecule has 3 N–H and O–H groups in total. The van der Waals surface area contributed by atoms with E-state index in [1.165, 1.54) is 0 Å². The molecule has 1 aliphatic heterocycles. The molecule has 2 aliphatic rings. The van der Waals surface area contributed by atoms with Gasteiger partial charge in [-0.15, -0.1) is 0 Å². The van der Waals surface area contributed by atoms with Gasteiger partial charge < -0.3 is 15.8 Å². The first-order valence-electron chi connectivity index (χ1n) is 7.77. The van der Waals surface area contributed by atoms with E-state index < -0.39 is 5.54 Å². The lowest BCUT2D eigenvalue weighted by atomic mass is 9.46. The van der Waals surface area contributed by atoms with E-state index in [4.69, 9.17) is 22.1 Å². The normalized spacial score (nSPS) is 32.8. The summed E-state index contributed by atoms with van der Waals surface area (Å²) in [5.74, 6) is -0.0645. The molecule has 1 saturated carbocycles. The number of ether oxygens (including phenoxy) is 1. The summed E-state index contributed by atoms with van der Waals surface area (Å²) in [6, 6.07) is 5.48. The molecule has 3 atom stereocenters. The quantitative estimate of drug-likeness (QED) is 0.879. The van der Waals surface area contributed by atoms with E-state index >= 15 is 0 Å². The Morgan fingerprint density at radius 2 is 2.18 bits per heavy atom. The summed E-state index contributed by atoms with van der Waals surface area (Å²) < 4.78 is 5.85. The molecule has 1 aromatic carbocycles. The summed E-state index contributed by atoms with van der Waals surface area (Å²) in [7, 11) is 0. The van der Waals surface area contributed by atoms with E-state index in [9.17, 15) is 4.79 Å². The fraction of sp³-hybridized carbons (Fsp3) is 0.588. The third kappa shape index (κ3) is 2.01. The number of carbonyl (C=O) groups excluding carboxylic acids is 1. The molecule has 120 valence electrons. The first kappa shape index (κ1) is 15.8. The number of carbonyl (C=O) groups is 1. The average Bonchev–Trinajstić information content (AvgIpc) is 2.50. The van der Waals surface area contributed by atoms with Crippen LogP contribution in [0.1, 0.15) is 32.3 Å². The first-order chi connectivity index (χ1) is 10.3. The first-order valence-corrected chi connectivity index (χ1v) is 8.15. The maximum atomic E-state index is 12.9. The van der Waals surface area contributed by atoms with Crippen LogP contribution < -0.4 is 11.1 Å². The van der Waals surface area contributed by atoms with Crippen molar-refractivity contribution in [2.24, 2.45) is 17.1 Å². The van der Waals surface area contributed by atoms with Gasteiger partial charge in [-0.25, -0.2) is 0 Å². The number of rotatable bonds is 2. The Morgan fingerprint density at radius 1 is 1.45 bits per heavy atom. The average molecular weight is 323 g/mol. The number of halogens is 1. The molecular weight excluding hydrogens is 300 g/mol. The van der Waals surface area contributed by atoms with Crippen LogP contribution >= 0.6 is 11.6 Å². The van der Waals surface area contributed by atoms with E-state index in [1.807, 2.05) is 39.0 Å². The molecule has 1 aliphatic carbocycles. The predicted molar refractivity (Wildman–Crippen MR) is 88.0 cm³/mol. The molecule has 1 saturated heterocycles. The van der Waals surface area contributed by atoms with Crippen molar-refractivity contribution in [1.82, 2.24) is 0 Å². The van der Waals surface area contributed by atoms with Crippen LogP contribution in [0.15, 0.2) is 18.2 Å². The van der Waals surface area contributed by atoms with Crippen molar-refractivity contribution >= 4 is 23.2 Å². The number of nitrogens with one attached hydrogen (secondary N) is 1. The van der Waals surface area contributed by atoms with Gasteiger partial charge in [-0.3, -0.25) is 4.79 Å². The molecule has 3 rings (SSSR count). The maximum absolute atomic E-state index is 12.9. The number of benzene rings is 1. The van der Waals surface area contributed by atoms with Crippen LogP contribution in [0.2, 0.25) is 5.02 Å². The van der Waals surface area contributed by atoms with Crippen molar-refractivity contribution in [3.05, 3.63) is 28.8 Å². The molecule has 1 heterocycles. The molecule has 1 aromatic rings. The van der Waals surface area contributed by atoms with Crippen molar-refractivity contribution in [3.63, 3.8) is 0 Å². The highest BCUT2D eigenvalue weighted by Crippen LogP contribution is 2.57. The van der Waals surface area contributed by atoms with Crippen LogP contribution in [0.4, 0.5) is 5.69 Å². The Kier molecular flexibility index (Phi) is 3.75. The standard InChI is InChI=1S/C17H23ClN2O2/c1-10-12(18)7-4-8-13(10)20-15(21)17(19)11-6-5-9-22-14(11)16(17,2)3/h4,7-8,11,14H,5-6,9,19H2,1-3H3,(H,20,21). The fourth-order valence-electron chi connectivity index (χ4n) is 4.01. The Hall–Kier alpha value is -1.10. The van der Waals surface area contributed by atoms with Gasteiger partial charge in [0.25, 0.3) is 0 Å². The smallest absolute Gasteiger partial charge is 0.245 e. The number of anilines is 1. The minimum Gasteiger partial charge on any atom is -0.377 e. The number of hydrogen-bond donors (Lipinski definition) is 2. The zero-order chi connectivity index (χ0) is 16.1. The monoisotopic (exact) mass is 322 g/mol. The number of nitrogens with two attached hydrogens (primary N) is 1. The van der Waals surface area contributed by atoms with Gasteiger partial charge in [0.1, 0.15) is 5.54 Å². The zero-order valence-corrected chi connectivity index (χ0v) is 14.0. The van der Waals surface area contributed by atoms with Gasteiger partial charge in [0.05, 0.1) is 6.10 Å². The second-order valence-corrected chi connectivity index (χ2v) is 7.40. The van der Waals surface area contributed by atoms with Crippen molar-refractivity contribution in [1.29, 1.82) is 0 Å². The molecule has 3 unspecified atom stereocenters. The van der Waals surface area contributed by atoms with Crippen LogP contribution in [0.5, 0.6) is 0 Å². The van der Waals surface area contributed by atoms with Gasteiger partial charge in [-0.2, -0.15) is 0 Å². The lowest BCUT2D eigenvalue weighted by Gasteiger charge is -2.65. The minimum atomic E-state index is -0.910. The van der Waals surface area contributed by atoms with Gasteiger partial charge in [0.15, 0.2) is 0 Å². The summed E-state index contributed by atoms with van der Waals surface area (Å²) in [5.41, 5.74) is 6.88. The SMILES string of the molecule is Cc1c(Cl)cccc1NC(=O)C1(N)C2CCCOC2C1(C)C. The summed E-state index contributed by atoms with van der Waals surface area (Å²) >= 11 is 6.12. The van der Waals surface area contributed by atoms with E-state index in [2.05, 4.69) is 5.32 Å². The van der Waals surface area contributed by atoms with E-state index in [1.54, 1.807) is 0 Å². The van der Waals surface area contributed by atoms with Gasteiger partial charge in [0.2, 0.25) is 5.91 Å². The summed E-state index contributed by atoms with van der Waals surface area (Å²) in [6.07, 6.45) is 1.96. The number of hydrogen-bond acceptors (Lipinski definition) is 3. The second-order valence-electron chi connectivity index (χ2n) is 7.00. The van der Waals surface area contributed by atoms with Gasteiger partial charge in [-0.05, 0) is 37.5 Å². The molecule has 1 amide bonds. The highest BCUT2D eigenvalue weighted by molar-refractivity contribution is 6.31. The van der Waals surface area contributed by atoms with Crippen molar-refractivity contribution in [2.45, 2.75) is 45.3 Å². The molecule has 0 radical (unpaired) electrons. The largest absolute Gasteiger partial charge is 0.377 e. The molecular formula is C17H23ClN2O2. The van der Waals surface area contributed by atoms with Crippen molar-refractivity contribution in [2.75, 3.05) is 11.9 Å². The third-order valence-corrected chi connectivity index (χ3v) is 5.99. The van der Waals surface area contributed by atoms with E-state index in [0.29, 0.717) is 5.02 Å². The lowest BCUT2D eigenvalue weighted by Crippen LogP contribution is -2.81. The third-order valence-electron chi connectivity index (χ3n) is 5.58. The fourth-order valence-corrected chi connectivity index (χ4v) is 4.18. The molecule has 0 aromatic heterocycles. The second kappa shape index (κ2) is 5.22. The molecule has 0 spiro atoms. The number of amides is 1. The predicted octanol–water partition coefficient (Wildman–Crippen LogP) is 3.12. The topological polar surface area (TPSA) is 64.4 Å². The molecule has 5 heteroatoms. The molecule has 2 fully saturated rings. The van der Waals surface area contributed by atoms with E-state index in [0.717, 1.165) is 30.7 Å². The minimum absolute atomic E-state index is 0.0671. The van der Waals surface area contributed by atoms with Crippen LogP contribution in [0, 0.1) is 18.3 Å². The molecule has 0 bridgehead atoms. The number of fused-ring (bicyclic) bond motifs is 1. The van der Waals surface area contributed by atoms with Gasteiger partial charge >= 0.3 is 0 Å². The van der Waals surface area contributed by atoms with Crippen LogP contribution in [-0.4, -0.2) is 24.2 Å². The van der Waals surface area contributed by atoms with Gasteiger partial charge in [-0.1, -0.05) is 31.5 Å². The van der Waals surface area contributed by atoms with Crippen LogP contribution in [0.3, 0.4) is 0 Å². The van der Waals surface area contributed by atoms with Crippen LogP contribution in [-0.2, 0) is 9.53 Å². The Bertz CT molecular complexity index is 617. The van der Waals surface area contributed by atoms with Gasteiger partial charge in [0, 0.05) is 28.6 Å². The van der Waals surface area contributed by atoms with Crippen LogP contribution in [0.25, 0.3) is 0 Å². The Labute approximate surface area is 136 Å². The molecule has 22 heavy (non-hydrogen) atoms. The highest BCUT2D eigenvalue weighted by atomic mass is 35.5. The Morgan fingerprint density at radius 3 is 2.91 bits per heavy atom. The highest BCUT2D eigenvalue weighted by Gasteiger charge is 2.70. The van der Waals surface area contributed by atoms with E-state index in [-0.39, 0.29) is 23.3 Å². The lowest BCUT2D eigenvalue weighted by molar-refractivity contribution is -0.222. The Balaban J connectivity index is 1.86. The molecule has 4 nitrogen and oxygen atoms in total. The van der Waals surface area contributed by atoms with Crippen molar-refractivity contribution < 1.29 is 9.53 Å². The summed E-state index contributed by atoms with van der Waals surface area (Å²) in [4.78, 5) is 12.9.